The average molecular weight is 277 g/mol. The molecule has 3 nitrogen and oxygen atoms in total. The van der Waals surface area contributed by atoms with Gasteiger partial charge in [-0.25, -0.2) is 0 Å². The number of benzene rings is 1. The van der Waals surface area contributed by atoms with E-state index in [1.807, 2.05) is 12.1 Å². The molecular formula is C17H27NO2. The molecule has 112 valence electrons. The van der Waals surface area contributed by atoms with Gasteiger partial charge in [0.15, 0.2) is 0 Å². The van der Waals surface area contributed by atoms with E-state index in [0.717, 1.165) is 18.6 Å². The van der Waals surface area contributed by atoms with Crippen molar-refractivity contribution in [3.8, 4) is 5.75 Å². The molecule has 0 bridgehead atoms. The van der Waals surface area contributed by atoms with Crippen molar-refractivity contribution in [2.45, 2.75) is 57.5 Å². The van der Waals surface area contributed by atoms with Gasteiger partial charge in [0.05, 0.1) is 13.2 Å². The van der Waals surface area contributed by atoms with Crippen molar-refractivity contribution >= 4 is 0 Å². The zero-order valence-corrected chi connectivity index (χ0v) is 12.6. The van der Waals surface area contributed by atoms with Crippen molar-refractivity contribution in [2.24, 2.45) is 0 Å². The lowest BCUT2D eigenvalue weighted by molar-refractivity contribution is 0.206. The lowest BCUT2D eigenvalue weighted by atomic mass is 9.98. The highest BCUT2D eigenvalue weighted by Crippen LogP contribution is 2.28. The fourth-order valence-corrected chi connectivity index (χ4v) is 2.36. The minimum absolute atomic E-state index is 0.165. The van der Waals surface area contributed by atoms with E-state index < -0.39 is 0 Å². The molecule has 0 radical (unpaired) electrons. The summed E-state index contributed by atoms with van der Waals surface area (Å²) >= 11 is 0. The second-order valence-corrected chi connectivity index (χ2v) is 5.80. The van der Waals surface area contributed by atoms with Crippen LogP contribution in [0.15, 0.2) is 24.3 Å². The summed E-state index contributed by atoms with van der Waals surface area (Å²) in [7, 11) is 0. The molecule has 1 saturated carbocycles. The van der Waals surface area contributed by atoms with Crippen LogP contribution in [0.3, 0.4) is 0 Å². The van der Waals surface area contributed by atoms with Crippen LogP contribution in [0, 0.1) is 0 Å². The molecule has 1 aromatic carbocycles. The standard InChI is InChI=1S/C17H27NO2/c1-3-13(2)16-6-4-5-7-17(16)20-11-10-15(12-19)18-14-8-9-14/h4-7,13-15,18-19H,3,8-12H2,1-2H3. The lowest BCUT2D eigenvalue weighted by Crippen LogP contribution is -2.35. The molecular weight excluding hydrogens is 250 g/mol. The molecule has 2 atom stereocenters. The number of nitrogens with one attached hydrogen (secondary N) is 1. The van der Waals surface area contributed by atoms with E-state index in [9.17, 15) is 5.11 Å². The van der Waals surface area contributed by atoms with E-state index in [1.54, 1.807) is 0 Å². The normalized spacial score (nSPS) is 17.8. The quantitative estimate of drug-likeness (QED) is 0.729. The van der Waals surface area contributed by atoms with Gasteiger partial charge in [-0.3, -0.25) is 0 Å². The van der Waals surface area contributed by atoms with Gasteiger partial charge in [0.1, 0.15) is 5.75 Å². The molecule has 0 heterocycles. The van der Waals surface area contributed by atoms with Crippen LogP contribution in [0.25, 0.3) is 0 Å². The van der Waals surface area contributed by atoms with Gasteiger partial charge < -0.3 is 15.2 Å². The predicted octanol–water partition coefficient (Wildman–Crippen LogP) is 3.08. The van der Waals surface area contributed by atoms with Crippen LogP contribution in [0.2, 0.25) is 0 Å². The van der Waals surface area contributed by atoms with Crippen LogP contribution in [0.1, 0.15) is 51.0 Å². The lowest BCUT2D eigenvalue weighted by Gasteiger charge is -2.18. The summed E-state index contributed by atoms with van der Waals surface area (Å²) in [6, 6.07) is 9.07. The molecule has 1 fully saturated rings. The van der Waals surface area contributed by atoms with Gasteiger partial charge in [-0.05, 0) is 43.2 Å². The highest BCUT2D eigenvalue weighted by atomic mass is 16.5. The summed E-state index contributed by atoms with van der Waals surface area (Å²) < 4.78 is 5.94. The van der Waals surface area contributed by atoms with Gasteiger partial charge in [-0.1, -0.05) is 32.0 Å². The average Bonchev–Trinajstić information content (AvgIpc) is 3.30. The summed E-state index contributed by atoms with van der Waals surface area (Å²) in [4.78, 5) is 0. The van der Waals surface area contributed by atoms with Crippen LogP contribution >= 0.6 is 0 Å². The van der Waals surface area contributed by atoms with Gasteiger partial charge in [0.2, 0.25) is 0 Å². The number of hydrogen-bond acceptors (Lipinski definition) is 3. The summed E-state index contributed by atoms with van der Waals surface area (Å²) in [5.41, 5.74) is 1.28. The third-order valence-electron chi connectivity index (χ3n) is 4.06. The first-order valence-electron chi connectivity index (χ1n) is 7.83. The minimum atomic E-state index is 0.165. The predicted molar refractivity (Wildman–Crippen MR) is 82.3 cm³/mol. The third kappa shape index (κ3) is 4.50. The zero-order chi connectivity index (χ0) is 14.4. The molecule has 1 aromatic rings. The summed E-state index contributed by atoms with van der Waals surface area (Å²) in [6.45, 7) is 5.27. The van der Waals surface area contributed by atoms with Crippen LogP contribution in [0.4, 0.5) is 0 Å². The SMILES string of the molecule is CCC(C)c1ccccc1OCCC(CO)NC1CC1. The number of ether oxygens (including phenoxy) is 1. The van der Waals surface area contributed by atoms with Gasteiger partial charge in [0, 0.05) is 12.1 Å². The first-order valence-corrected chi connectivity index (χ1v) is 7.83. The number of aliphatic hydroxyl groups is 1. The summed E-state index contributed by atoms with van der Waals surface area (Å²) in [5, 5.41) is 12.8. The van der Waals surface area contributed by atoms with Gasteiger partial charge in [-0.15, -0.1) is 0 Å². The minimum Gasteiger partial charge on any atom is -0.493 e. The highest BCUT2D eigenvalue weighted by molar-refractivity contribution is 5.35. The van der Waals surface area contributed by atoms with Crippen LogP contribution < -0.4 is 10.1 Å². The van der Waals surface area contributed by atoms with Crippen molar-refractivity contribution in [1.82, 2.24) is 5.32 Å². The molecule has 0 aromatic heterocycles. The smallest absolute Gasteiger partial charge is 0.122 e. The Kier molecular flexibility index (Phi) is 5.86. The Labute approximate surface area is 122 Å². The van der Waals surface area contributed by atoms with E-state index in [2.05, 4.69) is 31.3 Å². The molecule has 2 unspecified atom stereocenters. The third-order valence-corrected chi connectivity index (χ3v) is 4.06. The van der Waals surface area contributed by atoms with Crippen molar-refractivity contribution in [3.05, 3.63) is 29.8 Å². The van der Waals surface area contributed by atoms with Gasteiger partial charge in [-0.2, -0.15) is 0 Å². The molecule has 3 heteroatoms. The van der Waals surface area contributed by atoms with Crippen LogP contribution in [0.5, 0.6) is 5.75 Å². The van der Waals surface area contributed by atoms with Crippen molar-refractivity contribution in [1.29, 1.82) is 0 Å². The van der Waals surface area contributed by atoms with E-state index in [0.29, 0.717) is 18.6 Å². The second kappa shape index (κ2) is 7.65. The molecule has 1 aliphatic carbocycles. The molecule has 0 spiro atoms. The zero-order valence-electron chi connectivity index (χ0n) is 12.6. The molecule has 20 heavy (non-hydrogen) atoms. The maximum absolute atomic E-state index is 9.36. The topological polar surface area (TPSA) is 41.5 Å². The number of para-hydroxylation sites is 1. The number of rotatable bonds is 9. The van der Waals surface area contributed by atoms with Gasteiger partial charge in [0.25, 0.3) is 0 Å². The summed E-state index contributed by atoms with van der Waals surface area (Å²) in [6.07, 6.45) is 4.45. The summed E-state index contributed by atoms with van der Waals surface area (Å²) in [5.74, 6) is 1.51. The van der Waals surface area contributed by atoms with Gasteiger partial charge >= 0.3 is 0 Å². The van der Waals surface area contributed by atoms with Crippen molar-refractivity contribution in [2.75, 3.05) is 13.2 Å². The molecule has 2 rings (SSSR count). The Morgan fingerprint density at radius 3 is 2.75 bits per heavy atom. The number of aliphatic hydroxyl groups excluding tert-OH is 1. The second-order valence-electron chi connectivity index (χ2n) is 5.80. The Morgan fingerprint density at radius 1 is 1.35 bits per heavy atom. The van der Waals surface area contributed by atoms with Crippen LogP contribution in [-0.4, -0.2) is 30.4 Å². The Balaban J connectivity index is 1.83. The first kappa shape index (κ1) is 15.3. The molecule has 0 saturated heterocycles. The maximum Gasteiger partial charge on any atom is 0.122 e. The number of hydrogen-bond donors (Lipinski definition) is 2. The fourth-order valence-electron chi connectivity index (χ4n) is 2.36. The first-order chi connectivity index (χ1) is 9.74. The van der Waals surface area contributed by atoms with Crippen LogP contribution in [-0.2, 0) is 0 Å². The van der Waals surface area contributed by atoms with E-state index in [1.165, 1.54) is 18.4 Å². The Bertz CT molecular complexity index is 404. The Morgan fingerprint density at radius 2 is 2.10 bits per heavy atom. The molecule has 1 aliphatic rings. The fraction of sp³-hybridized carbons (Fsp3) is 0.647. The Hall–Kier alpha value is -1.06. The van der Waals surface area contributed by atoms with E-state index >= 15 is 0 Å². The van der Waals surface area contributed by atoms with E-state index in [-0.39, 0.29) is 12.6 Å². The van der Waals surface area contributed by atoms with E-state index in [4.69, 9.17) is 4.74 Å². The highest BCUT2D eigenvalue weighted by Gasteiger charge is 2.24. The van der Waals surface area contributed by atoms with Crippen molar-refractivity contribution < 1.29 is 9.84 Å². The molecule has 0 aliphatic heterocycles. The monoisotopic (exact) mass is 277 g/mol. The molecule has 0 amide bonds. The van der Waals surface area contributed by atoms with Crippen molar-refractivity contribution in [3.63, 3.8) is 0 Å². The largest absolute Gasteiger partial charge is 0.493 e. The maximum atomic E-state index is 9.36. The molecule has 2 N–H and O–H groups in total.